The fourth-order valence-corrected chi connectivity index (χ4v) is 2.58. The molecule has 1 aliphatic heterocycles. The lowest BCUT2D eigenvalue weighted by Gasteiger charge is -2.34. The van der Waals surface area contributed by atoms with E-state index >= 15 is 0 Å². The molecule has 1 amide bonds. The molecule has 1 aromatic carbocycles. The molecule has 1 heterocycles. The molecule has 0 saturated carbocycles. The first-order chi connectivity index (χ1) is 9.65. The third-order valence-electron chi connectivity index (χ3n) is 3.54. The number of carboxylic acid groups (broad SMARTS) is 1. The highest BCUT2D eigenvalue weighted by Gasteiger charge is 2.35. The first kappa shape index (κ1) is 14.5. The summed E-state index contributed by atoms with van der Waals surface area (Å²) >= 11 is 0. The molecule has 1 unspecified atom stereocenters. The topological polar surface area (TPSA) is 69.6 Å². The molecule has 0 spiro atoms. The molecule has 2 rings (SSSR count). The molecule has 5 heteroatoms. The van der Waals surface area contributed by atoms with Gasteiger partial charge < -0.3 is 15.3 Å². The van der Waals surface area contributed by atoms with E-state index in [4.69, 9.17) is 0 Å². The number of nitrogens with zero attached hydrogens (tertiary/aromatic N) is 1. The SMILES string of the molecule is CCCNCC(=O)N1CCc2ccccc2C1C(=O)O. The van der Waals surface area contributed by atoms with Crippen LogP contribution >= 0.6 is 0 Å². The highest BCUT2D eigenvalue weighted by Crippen LogP contribution is 2.29. The smallest absolute Gasteiger partial charge is 0.331 e. The van der Waals surface area contributed by atoms with E-state index < -0.39 is 12.0 Å². The second kappa shape index (κ2) is 6.52. The number of aliphatic carboxylic acids is 1. The number of carboxylic acids is 1. The number of fused-ring (bicyclic) bond motifs is 1. The van der Waals surface area contributed by atoms with Gasteiger partial charge in [0.2, 0.25) is 5.91 Å². The van der Waals surface area contributed by atoms with Crippen LogP contribution in [-0.2, 0) is 16.0 Å². The summed E-state index contributed by atoms with van der Waals surface area (Å²) in [4.78, 5) is 25.2. The van der Waals surface area contributed by atoms with E-state index in [2.05, 4.69) is 5.32 Å². The molecule has 1 aromatic rings. The summed E-state index contributed by atoms with van der Waals surface area (Å²) < 4.78 is 0. The van der Waals surface area contributed by atoms with Crippen molar-refractivity contribution in [1.29, 1.82) is 0 Å². The molecule has 0 bridgehead atoms. The zero-order chi connectivity index (χ0) is 14.5. The molecule has 0 aromatic heterocycles. The molecule has 2 N–H and O–H groups in total. The third kappa shape index (κ3) is 2.99. The quantitative estimate of drug-likeness (QED) is 0.793. The van der Waals surface area contributed by atoms with Crippen molar-refractivity contribution < 1.29 is 14.7 Å². The molecule has 0 aliphatic carbocycles. The van der Waals surface area contributed by atoms with Crippen LogP contribution in [0.25, 0.3) is 0 Å². The molecule has 1 atom stereocenters. The van der Waals surface area contributed by atoms with Crippen molar-refractivity contribution >= 4 is 11.9 Å². The highest BCUT2D eigenvalue weighted by molar-refractivity contribution is 5.86. The lowest BCUT2D eigenvalue weighted by molar-refractivity contribution is -0.150. The number of carbonyl (C=O) groups excluding carboxylic acids is 1. The first-order valence-corrected chi connectivity index (χ1v) is 6.96. The predicted molar refractivity (Wildman–Crippen MR) is 75.4 cm³/mol. The van der Waals surface area contributed by atoms with E-state index in [0.29, 0.717) is 13.0 Å². The Balaban J connectivity index is 2.18. The minimum absolute atomic E-state index is 0.152. The molecule has 108 valence electrons. The number of hydrogen-bond acceptors (Lipinski definition) is 3. The molecule has 1 aliphatic rings. The van der Waals surface area contributed by atoms with Crippen LogP contribution < -0.4 is 5.32 Å². The zero-order valence-electron chi connectivity index (χ0n) is 11.6. The number of rotatable bonds is 5. The first-order valence-electron chi connectivity index (χ1n) is 6.96. The predicted octanol–water partition coefficient (Wildman–Crippen LogP) is 1.20. The number of amides is 1. The van der Waals surface area contributed by atoms with Crippen LogP contribution in [0.1, 0.15) is 30.5 Å². The summed E-state index contributed by atoms with van der Waals surface area (Å²) in [5, 5.41) is 12.5. The van der Waals surface area contributed by atoms with Crippen LogP contribution in [0.4, 0.5) is 0 Å². The Morgan fingerprint density at radius 3 is 2.85 bits per heavy atom. The van der Waals surface area contributed by atoms with Crippen LogP contribution in [0, 0.1) is 0 Å². The Kier molecular flexibility index (Phi) is 4.74. The van der Waals surface area contributed by atoms with Crippen molar-refractivity contribution in [3.8, 4) is 0 Å². The van der Waals surface area contributed by atoms with E-state index in [9.17, 15) is 14.7 Å². The summed E-state index contributed by atoms with van der Waals surface area (Å²) in [5.74, 6) is -1.12. The van der Waals surface area contributed by atoms with Gasteiger partial charge >= 0.3 is 5.97 Å². The minimum Gasteiger partial charge on any atom is -0.479 e. The molecular weight excluding hydrogens is 256 g/mol. The summed E-state index contributed by atoms with van der Waals surface area (Å²) in [7, 11) is 0. The Labute approximate surface area is 118 Å². The standard InChI is InChI=1S/C15H20N2O3/c1-2-8-16-10-13(18)17-9-7-11-5-3-4-6-12(11)14(17)15(19)20/h3-6,14,16H,2,7-10H2,1H3,(H,19,20). The lowest BCUT2D eigenvalue weighted by Crippen LogP contribution is -2.46. The van der Waals surface area contributed by atoms with E-state index in [0.717, 1.165) is 24.1 Å². The monoisotopic (exact) mass is 276 g/mol. The largest absolute Gasteiger partial charge is 0.479 e. The van der Waals surface area contributed by atoms with Crippen molar-refractivity contribution in [2.24, 2.45) is 0 Å². The number of benzene rings is 1. The summed E-state index contributed by atoms with van der Waals surface area (Å²) in [5.41, 5.74) is 1.75. The van der Waals surface area contributed by atoms with Gasteiger partial charge in [-0.25, -0.2) is 4.79 Å². The third-order valence-corrected chi connectivity index (χ3v) is 3.54. The molecule has 0 saturated heterocycles. The Bertz CT molecular complexity index is 502. The van der Waals surface area contributed by atoms with Gasteiger partial charge in [0.05, 0.1) is 6.54 Å². The fraction of sp³-hybridized carbons (Fsp3) is 0.467. The summed E-state index contributed by atoms with van der Waals surface area (Å²) in [6, 6.07) is 6.59. The van der Waals surface area contributed by atoms with E-state index in [1.807, 2.05) is 25.1 Å². The van der Waals surface area contributed by atoms with Crippen LogP contribution in [0.3, 0.4) is 0 Å². The van der Waals surface area contributed by atoms with Crippen LogP contribution in [-0.4, -0.2) is 41.5 Å². The number of hydrogen-bond donors (Lipinski definition) is 2. The van der Waals surface area contributed by atoms with Gasteiger partial charge in [0.25, 0.3) is 0 Å². The highest BCUT2D eigenvalue weighted by atomic mass is 16.4. The molecule has 5 nitrogen and oxygen atoms in total. The Morgan fingerprint density at radius 1 is 1.40 bits per heavy atom. The summed E-state index contributed by atoms with van der Waals surface area (Å²) in [6.45, 7) is 3.43. The van der Waals surface area contributed by atoms with Gasteiger partial charge in [-0.05, 0) is 30.5 Å². The van der Waals surface area contributed by atoms with Gasteiger partial charge in [0.15, 0.2) is 6.04 Å². The second-order valence-corrected chi connectivity index (χ2v) is 4.95. The Hall–Kier alpha value is -1.88. The van der Waals surface area contributed by atoms with Crippen molar-refractivity contribution in [3.05, 3.63) is 35.4 Å². The molecular formula is C15H20N2O3. The van der Waals surface area contributed by atoms with E-state index in [1.54, 1.807) is 6.07 Å². The van der Waals surface area contributed by atoms with Crippen molar-refractivity contribution in [2.75, 3.05) is 19.6 Å². The van der Waals surface area contributed by atoms with Crippen LogP contribution in [0.2, 0.25) is 0 Å². The number of carbonyl (C=O) groups is 2. The summed E-state index contributed by atoms with van der Waals surface area (Å²) in [6.07, 6.45) is 1.65. The fourth-order valence-electron chi connectivity index (χ4n) is 2.58. The van der Waals surface area contributed by atoms with Crippen molar-refractivity contribution in [1.82, 2.24) is 10.2 Å². The maximum atomic E-state index is 12.2. The van der Waals surface area contributed by atoms with Gasteiger partial charge in [-0.2, -0.15) is 0 Å². The molecule has 20 heavy (non-hydrogen) atoms. The second-order valence-electron chi connectivity index (χ2n) is 4.95. The molecule has 0 fully saturated rings. The van der Waals surface area contributed by atoms with Crippen molar-refractivity contribution in [2.45, 2.75) is 25.8 Å². The van der Waals surface area contributed by atoms with Gasteiger partial charge in [0, 0.05) is 6.54 Å². The maximum Gasteiger partial charge on any atom is 0.331 e. The van der Waals surface area contributed by atoms with Crippen molar-refractivity contribution in [3.63, 3.8) is 0 Å². The van der Waals surface area contributed by atoms with E-state index in [-0.39, 0.29) is 12.5 Å². The molecule has 0 radical (unpaired) electrons. The van der Waals surface area contributed by atoms with Gasteiger partial charge in [-0.15, -0.1) is 0 Å². The average Bonchev–Trinajstić information content (AvgIpc) is 2.45. The Morgan fingerprint density at radius 2 is 2.15 bits per heavy atom. The maximum absolute atomic E-state index is 12.2. The lowest BCUT2D eigenvalue weighted by atomic mass is 9.92. The number of nitrogens with one attached hydrogen (secondary N) is 1. The van der Waals surface area contributed by atoms with Gasteiger partial charge in [0.1, 0.15) is 0 Å². The van der Waals surface area contributed by atoms with E-state index in [1.165, 1.54) is 4.90 Å². The van der Waals surface area contributed by atoms with Gasteiger partial charge in [-0.3, -0.25) is 4.79 Å². The van der Waals surface area contributed by atoms with Crippen LogP contribution in [0.5, 0.6) is 0 Å². The minimum atomic E-state index is -0.971. The average molecular weight is 276 g/mol. The normalized spacial score (nSPS) is 17.6. The zero-order valence-corrected chi connectivity index (χ0v) is 11.6. The van der Waals surface area contributed by atoms with Gasteiger partial charge in [-0.1, -0.05) is 31.2 Å². The van der Waals surface area contributed by atoms with Crippen LogP contribution in [0.15, 0.2) is 24.3 Å².